The summed E-state index contributed by atoms with van der Waals surface area (Å²) in [4.78, 5) is 30.0. The van der Waals surface area contributed by atoms with Crippen molar-refractivity contribution < 1.29 is 49.1 Å². The second-order valence-corrected chi connectivity index (χ2v) is 10.8. The molecule has 0 bridgehead atoms. The van der Waals surface area contributed by atoms with E-state index in [2.05, 4.69) is 0 Å². The number of likely N-dealkylation sites (N-methyl/N-ethyl adjacent to an activating group) is 1. The Morgan fingerprint density at radius 1 is 0.857 bits per heavy atom. The molecule has 0 unspecified atom stereocenters. The SMILES string of the molecule is CN(C(=O)N(C)[C@@H]1CN(C(=O)C2CCC(F)(F)CC2)C[C@H]1c1ccc(F)cc1)c1cc(C(F)(F)F)cc(C(F)(F)F)c1. The van der Waals surface area contributed by atoms with Crippen molar-refractivity contribution in [3.8, 4) is 0 Å². The molecule has 230 valence electrons. The Bertz CT molecular complexity index is 1270. The largest absolute Gasteiger partial charge is 0.416 e. The molecular formula is C28H28F9N3O2. The minimum atomic E-state index is -5.12. The summed E-state index contributed by atoms with van der Waals surface area (Å²) < 4.78 is 121. The topological polar surface area (TPSA) is 43.9 Å². The molecular weight excluding hydrogens is 581 g/mol. The first-order chi connectivity index (χ1) is 19.4. The highest BCUT2D eigenvalue weighted by Crippen LogP contribution is 2.41. The zero-order valence-corrected chi connectivity index (χ0v) is 22.6. The molecule has 2 aromatic rings. The summed E-state index contributed by atoms with van der Waals surface area (Å²) in [5.41, 5.74) is -3.29. The number of anilines is 1. The van der Waals surface area contributed by atoms with Gasteiger partial charge in [-0.15, -0.1) is 0 Å². The van der Waals surface area contributed by atoms with Crippen LogP contribution >= 0.6 is 0 Å². The van der Waals surface area contributed by atoms with Gasteiger partial charge in [0.1, 0.15) is 5.82 Å². The smallest absolute Gasteiger partial charge is 0.340 e. The quantitative estimate of drug-likeness (QED) is 0.345. The predicted octanol–water partition coefficient (Wildman–Crippen LogP) is 7.17. The Hall–Kier alpha value is -3.45. The number of hydrogen-bond donors (Lipinski definition) is 0. The molecule has 0 N–H and O–H groups in total. The van der Waals surface area contributed by atoms with Crippen molar-refractivity contribution in [1.82, 2.24) is 9.80 Å². The van der Waals surface area contributed by atoms with Gasteiger partial charge in [-0.1, -0.05) is 12.1 Å². The highest BCUT2D eigenvalue weighted by molar-refractivity contribution is 5.92. The molecule has 1 saturated carbocycles. The lowest BCUT2D eigenvalue weighted by atomic mass is 9.86. The van der Waals surface area contributed by atoms with Gasteiger partial charge in [-0.05, 0) is 48.7 Å². The van der Waals surface area contributed by atoms with E-state index in [0.29, 0.717) is 22.6 Å². The van der Waals surface area contributed by atoms with E-state index in [4.69, 9.17) is 0 Å². The molecule has 4 rings (SSSR count). The summed E-state index contributed by atoms with van der Waals surface area (Å²) >= 11 is 0. The third kappa shape index (κ3) is 6.78. The lowest BCUT2D eigenvalue weighted by molar-refractivity contribution is -0.143. The van der Waals surface area contributed by atoms with Crippen LogP contribution < -0.4 is 4.90 Å². The first kappa shape index (κ1) is 31.5. The van der Waals surface area contributed by atoms with Crippen LogP contribution in [-0.2, 0) is 17.1 Å². The van der Waals surface area contributed by atoms with Gasteiger partial charge in [-0.25, -0.2) is 18.0 Å². The lowest BCUT2D eigenvalue weighted by Gasteiger charge is -2.33. The molecule has 0 radical (unpaired) electrons. The number of nitrogens with zero attached hydrogens (tertiary/aromatic N) is 3. The number of urea groups is 1. The van der Waals surface area contributed by atoms with E-state index in [1.165, 1.54) is 36.2 Å². The van der Waals surface area contributed by atoms with Crippen LogP contribution in [0.4, 0.5) is 50.0 Å². The number of carbonyl (C=O) groups is 2. The average molecular weight is 610 g/mol. The average Bonchev–Trinajstić information content (AvgIpc) is 3.36. The predicted molar refractivity (Wildman–Crippen MR) is 134 cm³/mol. The molecule has 1 saturated heterocycles. The molecule has 14 heteroatoms. The van der Waals surface area contributed by atoms with Crippen molar-refractivity contribution in [3.63, 3.8) is 0 Å². The van der Waals surface area contributed by atoms with Crippen LogP contribution in [0.25, 0.3) is 0 Å². The highest BCUT2D eigenvalue weighted by Gasteiger charge is 2.45. The van der Waals surface area contributed by atoms with Gasteiger partial charge < -0.3 is 9.80 Å². The Morgan fingerprint density at radius 3 is 1.88 bits per heavy atom. The van der Waals surface area contributed by atoms with E-state index < -0.39 is 77.7 Å². The van der Waals surface area contributed by atoms with Crippen molar-refractivity contribution in [2.24, 2.45) is 5.92 Å². The molecule has 0 spiro atoms. The van der Waals surface area contributed by atoms with Crippen LogP contribution in [0, 0.1) is 11.7 Å². The summed E-state index contributed by atoms with van der Waals surface area (Å²) in [5, 5.41) is 0. The summed E-state index contributed by atoms with van der Waals surface area (Å²) in [7, 11) is 2.33. The fourth-order valence-electron chi connectivity index (χ4n) is 5.56. The van der Waals surface area contributed by atoms with E-state index >= 15 is 0 Å². The van der Waals surface area contributed by atoms with Gasteiger partial charge in [0.05, 0.1) is 17.2 Å². The van der Waals surface area contributed by atoms with Crippen LogP contribution in [0.1, 0.15) is 48.3 Å². The molecule has 2 aliphatic rings. The highest BCUT2D eigenvalue weighted by atomic mass is 19.4. The van der Waals surface area contributed by atoms with Gasteiger partial charge in [-0.3, -0.25) is 9.69 Å². The third-order valence-electron chi connectivity index (χ3n) is 8.01. The monoisotopic (exact) mass is 609 g/mol. The molecule has 2 atom stereocenters. The number of carbonyl (C=O) groups excluding carboxylic acids is 2. The van der Waals surface area contributed by atoms with Crippen LogP contribution in [0.15, 0.2) is 42.5 Å². The fourth-order valence-corrected chi connectivity index (χ4v) is 5.56. The van der Waals surface area contributed by atoms with Crippen molar-refractivity contribution >= 4 is 17.6 Å². The number of hydrogen-bond acceptors (Lipinski definition) is 2. The summed E-state index contributed by atoms with van der Waals surface area (Å²) in [6.45, 7) is -0.0224. The second kappa shape index (κ2) is 11.3. The molecule has 0 aromatic heterocycles. The van der Waals surface area contributed by atoms with Gasteiger partial charge in [-0.2, -0.15) is 26.3 Å². The summed E-state index contributed by atoms with van der Waals surface area (Å²) in [5.74, 6) is -5.05. The lowest BCUT2D eigenvalue weighted by Crippen LogP contribution is -2.48. The Morgan fingerprint density at radius 2 is 1.38 bits per heavy atom. The zero-order chi connectivity index (χ0) is 31.2. The standard InChI is InChI=1S/C28H28F9N3O2/c1-38(21-12-18(27(32,33)34)11-19(13-21)28(35,36)37)25(42)39(2)23-15-40(14-22(23)16-3-5-20(29)6-4-16)24(41)17-7-9-26(30,31)10-8-17/h3-6,11-13,17,22-23H,7-10,14-15H2,1-2H3/t22-,23+/m0/s1. The van der Waals surface area contributed by atoms with E-state index in [1.54, 1.807) is 0 Å². The van der Waals surface area contributed by atoms with Crippen molar-refractivity contribution in [2.45, 2.75) is 55.9 Å². The Balaban J connectivity index is 1.62. The van der Waals surface area contributed by atoms with Crippen molar-refractivity contribution in [3.05, 3.63) is 65.0 Å². The number of benzene rings is 2. The first-order valence-electron chi connectivity index (χ1n) is 13.1. The van der Waals surface area contributed by atoms with Crippen molar-refractivity contribution in [1.29, 1.82) is 0 Å². The molecule has 1 aliphatic carbocycles. The molecule has 2 aromatic carbocycles. The summed E-state index contributed by atoms with van der Waals surface area (Å²) in [6, 6.07) is 4.31. The van der Waals surface area contributed by atoms with Crippen LogP contribution in [-0.4, -0.2) is 60.9 Å². The molecule has 2 fully saturated rings. The van der Waals surface area contributed by atoms with Gasteiger partial charge in [0, 0.05) is 57.5 Å². The number of likely N-dealkylation sites (tertiary alicyclic amines) is 1. The number of halogens is 9. The molecule has 5 nitrogen and oxygen atoms in total. The molecule has 42 heavy (non-hydrogen) atoms. The van der Waals surface area contributed by atoms with E-state index in [-0.39, 0.29) is 37.9 Å². The maximum Gasteiger partial charge on any atom is 0.416 e. The molecule has 1 aliphatic heterocycles. The minimum absolute atomic E-state index is 0.0250. The van der Waals surface area contributed by atoms with Gasteiger partial charge >= 0.3 is 18.4 Å². The van der Waals surface area contributed by atoms with Gasteiger partial charge in [0.15, 0.2) is 0 Å². The summed E-state index contributed by atoms with van der Waals surface area (Å²) in [6.07, 6.45) is -11.2. The normalized spacial score (nSPS) is 21.4. The zero-order valence-electron chi connectivity index (χ0n) is 22.6. The fraction of sp³-hybridized carbons (Fsp3) is 0.500. The van der Waals surface area contributed by atoms with E-state index in [1.807, 2.05) is 0 Å². The Labute approximate surface area is 235 Å². The van der Waals surface area contributed by atoms with E-state index in [9.17, 15) is 49.1 Å². The Kier molecular flexibility index (Phi) is 8.49. The van der Waals surface area contributed by atoms with Crippen molar-refractivity contribution in [2.75, 3.05) is 32.1 Å². The maximum atomic E-state index is 13.7. The molecule has 1 heterocycles. The number of rotatable bonds is 4. The number of alkyl halides is 8. The number of amides is 3. The second-order valence-electron chi connectivity index (χ2n) is 10.8. The van der Waals surface area contributed by atoms with Crippen LogP contribution in [0.5, 0.6) is 0 Å². The van der Waals surface area contributed by atoms with Crippen LogP contribution in [0.3, 0.4) is 0 Å². The maximum absolute atomic E-state index is 13.7. The van der Waals surface area contributed by atoms with Gasteiger partial charge in [0.25, 0.3) is 0 Å². The van der Waals surface area contributed by atoms with E-state index in [0.717, 1.165) is 11.9 Å². The van der Waals surface area contributed by atoms with Gasteiger partial charge in [0.2, 0.25) is 11.8 Å². The minimum Gasteiger partial charge on any atom is -0.340 e. The first-order valence-corrected chi connectivity index (χ1v) is 13.1. The molecule has 3 amide bonds. The van der Waals surface area contributed by atoms with Crippen LogP contribution in [0.2, 0.25) is 0 Å². The third-order valence-corrected chi connectivity index (χ3v) is 8.01.